The van der Waals surface area contributed by atoms with Gasteiger partial charge in [-0.05, 0) is 123 Å². The Labute approximate surface area is 297 Å². The summed E-state index contributed by atoms with van der Waals surface area (Å²) in [5.74, 6) is 0. The highest BCUT2D eigenvalue weighted by atomic mass is 14.8. The minimum Gasteiger partial charge on any atom is -0.248 e. The maximum Gasteiger partial charge on any atom is 0.0775 e. The van der Waals surface area contributed by atoms with Crippen LogP contribution in [0.3, 0.4) is 0 Å². The second-order valence-corrected chi connectivity index (χ2v) is 12.4. The van der Waals surface area contributed by atoms with Gasteiger partial charge in [-0.1, -0.05) is 154 Å². The molecule has 1 aliphatic carbocycles. The van der Waals surface area contributed by atoms with E-state index in [4.69, 9.17) is 4.99 Å². The lowest BCUT2D eigenvalue weighted by Crippen LogP contribution is -2.03. The number of nitrogens with zero attached hydrogens (tertiary/aromatic N) is 1. The number of hydrogen-bond acceptors (Lipinski definition) is 1. The molecule has 0 saturated carbocycles. The number of fused-ring (bicyclic) bond motifs is 6. The van der Waals surface area contributed by atoms with Gasteiger partial charge < -0.3 is 0 Å². The van der Waals surface area contributed by atoms with Crippen LogP contribution in [0.4, 0.5) is 0 Å². The Morgan fingerprint density at radius 1 is 0.620 bits per heavy atom. The molecular formula is C49H43N. The van der Waals surface area contributed by atoms with Crippen molar-refractivity contribution in [2.75, 3.05) is 0 Å². The van der Waals surface area contributed by atoms with Crippen LogP contribution in [0, 0.1) is 0 Å². The Morgan fingerprint density at radius 3 is 1.90 bits per heavy atom. The molecule has 1 heteroatoms. The van der Waals surface area contributed by atoms with E-state index in [1.54, 1.807) is 6.08 Å². The molecule has 0 radical (unpaired) electrons. The van der Waals surface area contributed by atoms with Gasteiger partial charge in [0.05, 0.1) is 11.4 Å². The number of benzene rings is 4. The summed E-state index contributed by atoms with van der Waals surface area (Å²) in [7, 11) is 0. The van der Waals surface area contributed by atoms with Gasteiger partial charge in [-0.3, -0.25) is 0 Å². The molecule has 244 valence electrons. The van der Waals surface area contributed by atoms with Gasteiger partial charge in [0, 0.05) is 5.56 Å². The molecule has 4 aromatic rings. The Morgan fingerprint density at radius 2 is 1.22 bits per heavy atom. The SMILES string of the molecule is C=CC(=C)C(=NC(=C)C(=C)/C=C\C(=C)/C(C)=C/C=C(C)/C(C)=C/C(=C\C)c1ccc2c(c1)c1c(c3ccccc32)C=C=C=C1)c1ccccc1. The first-order valence-corrected chi connectivity index (χ1v) is 16.7. The average molecular weight is 646 g/mol. The summed E-state index contributed by atoms with van der Waals surface area (Å²) in [4.78, 5) is 4.75. The largest absolute Gasteiger partial charge is 0.248 e. The molecule has 1 nitrogen and oxygen atoms in total. The van der Waals surface area contributed by atoms with Gasteiger partial charge in [-0.15, -0.1) is 0 Å². The van der Waals surface area contributed by atoms with Gasteiger partial charge in [0.25, 0.3) is 0 Å². The van der Waals surface area contributed by atoms with Crippen LogP contribution in [0.25, 0.3) is 39.3 Å². The van der Waals surface area contributed by atoms with Crippen LogP contribution in [0.5, 0.6) is 0 Å². The fourth-order valence-corrected chi connectivity index (χ4v) is 5.78. The summed E-state index contributed by atoms with van der Waals surface area (Å²) in [6.45, 7) is 29.0. The maximum atomic E-state index is 4.75. The standard InChI is InChI=1S/C49H43N/c1-10-33(3)49(41-19-13-12-14-20-41)50-39(9)37(7)28-27-35(5)34(4)25-26-36(6)38(8)31-40(11-2)42-29-30-47-45-23-16-15-21-43(45)44-22-17-18-24-46(44)48(47)32-42/h10-16,19-32H,1,3,5,7,9H2,2,4,6,8H3/b28-27-,34-25+,36-26+,38-31+,40-11+,50-49?. The van der Waals surface area contributed by atoms with Crippen molar-refractivity contribution in [1.82, 2.24) is 0 Å². The van der Waals surface area contributed by atoms with Crippen molar-refractivity contribution in [1.29, 1.82) is 0 Å². The Balaban J connectivity index is 1.32. The highest BCUT2D eigenvalue weighted by Crippen LogP contribution is 2.37. The van der Waals surface area contributed by atoms with Gasteiger partial charge in [0.2, 0.25) is 0 Å². The Kier molecular flexibility index (Phi) is 11.1. The summed E-state index contributed by atoms with van der Waals surface area (Å²) >= 11 is 0. The molecule has 4 aromatic carbocycles. The van der Waals surface area contributed by atoms with E-state index in [1.807, 2.05) is 48.6 Å². The number of hydrogen-bond donors (Lipinski definition) is 0. The molecule has 0 aliphatic heterocycles. The lowest BCUT2D eigenvalue weighted by atomic mass is 9.88. The quantitative estimate of drug-likeness (QED) is 0.0554. The highest BCUT2D eigenvalue weighted by Gasteiger charge is 2.14. The highest BCUT2D eigenvalue weighted by molar-refractivity contribution is 6.16. The second kappa shape index (κ2) is 15.8. The molecule has 0 unspecified atom stereocenters. The third-order valence-electron chi connectivity index (χ3n) is 9.05. The van der Waals surface area contributed by atoms with Crippen molar-refractivity contribution < 1.29 is 0 Å². The van der Waals surface area contributed by atoms with Gasteiger partial charge in [-0.2, -0.15) is 0 Å². The lowest BCUT2D eigenvalue weighted by molar-refractivity contribution is 1.33. The third kappa shape index (κ3) is 7.73. The van der Waals surface area contributed by atoms with E-state index < -0.39 is 0 Å². The van der Waals surface area contributed by atoms with E-state index in [0.717, 1.165) is 28.0 Å². The van der Waals surface area contributed by atoms with E-state index >= 15 is 0 Å². The lowest BCUT2D eigenvalue weighted by Gasteiger charge is -2.15. The molecule has 0 amide bonds. The third-order valence-corrected chi connectivity index (χ3v) is 9.05. The number of rotatable bonds is 12. The number of aliphatic imine (C=N–C) groups is 1. The topological polar surface area (TPSA) is 12.4 Å². The molecular weight excluding hydrogens is 603 g/mol. The fraction of sp³-hybridized carbons (Fsp3) is 0.0816. The summed E-state index contributed by atoms with van der Waals surface area (Å²) in [6.07, 6.45) is 18.3. The van der Waals surface area contributed by atoms with E-state index in [1.165, 1.54) is 55.0 Å². The molecule has 0 saturated heterocycles. The van der Waals surface area contributed by atoms with Crippen molar-refractivity contribution in [2.45, 2.75) is 27.7 Å². The second-order valence-electron chi connectivity index (χ2n) is 12.4. The van der Waals surface area contributed by atoms with Crippen molar-refractivity contribution in [3.8, 4) is 0 Å². The summed E-state index contributed by atoms with van der Waals surface area (Å²) in [5, 5.41) is 4.96. The molecule has 0 N–H and O–H groups in total. The molecule has 0 atom stereocenters. The van der Waals surface area contributed by atoms with Gasteiger partial charge in [-0.25, -0.2) is 4.99 Å². The van der Waals surface area contributed by atoms with Crippen LogP contribution in [-0.2, 0) is 0 Å². The predicted molar refractivity (Wildman–Crippen MR) is 221 cm³/mol. The van der Waals surface area contributed by atoms with E-state index in [2.05, 4.69) is 145 Å². The minimum atomic E-state index is 0.554. The molecule has 50 heavy (non-hydrogen) atoms. The predicted octanol–water partition coefficient (Wildman–Crippen LogP) is 13.4. The molecule has 0 spiro atoms. The smallest absolute Gasteiger partial charge is 0.0775 e. The molecule has 0 bridgehead atoms. The first-order chi connectivity index (χ1) is 24.1. The zero-order valence-corrected chi connectivity index (χ0v) is 29.6. The van der Waals surface area contributed by atoms with Crippen LogP contribution in [0.2, 0.25) is 0 Å². The zero-order chi connectivity index (χ0) is 35.8. The number of allylic oxidation sites excluding steroid dienone is 13. The van der Waals surface area contributed by atoms with Gasteiger partial charge >= 0.3 is 0 Å². The van der Waals surface area contributed by atoms with Crippen LogP contribution in [-0.4, -0.2) is 5.71 Å². The van der Waals surface area contributed by atoms with E-state index in [-0.39, 0.29) is 0 Å². The average Bonchev–Trinajstić information content (AvgIpc) is 3.16. The minimum absolute atomic E-state index is 0.554. The summed E-state index contributed by atoms with van der Waals surface area (Å²) < 4.78 is 0. The Hall–Kier alpha value is -6.23. The molecule has 0 fully saturated rings. The Bertz CT molecular complexity index is 2380. The van der Waals surface area contributed by atoms with Crippen molar-refractivity contribution >= 4 is 45.0 Å². The molecule has 0 heterocycles. The molecule has 1 aliphatic rings. The summed E-state index contributed by atoms with van der Waals surface area (Å²) in [5.41, 5.74) is 19.0. The zero-order valence-electron chi connectivity index (χ0n) is 29.6. The molecule has 5 rings (SSSR count). The fourth-order valence-electron chi connectivity index (χ4n) is 5.78. The summed E-state index contributed by atoms with van der Waals surface area (Å²) in [6, 6.07) is 25.3. The monoisotopic (exact) mass is 645 g/mol. The van der Waals surface area contributed by atoms with Crippen LogP contribution >= 0.6 is 0 Å². The van der Waals surface area contributed by atoms with Crippen LogP contribution in [0.15, 0.2) is 204 Å². The molecule has 0 aromatic heterocycles. The van der Waals surface area contributed by atoms with Gasteiger partial charge in [0.1, 0.15) is 0 Å². The first kappa shape index (κ1) is 35.1. The van der Waals surface area contributed by atoms with E-state index in [9.17, 15) is 0 Å². The van der Waals surface area contributed by atoms with Gasteiger partial charge in [0.15, 0.2) is 0 Å². The van der Waals surface area contributed by atoms with Crippen molar-refractivity contribution in [3.05, 3.63) is 221 Å². The van der Waals surface area contributed by atoms with Crippen LogP contribution in [0.1, 0.15) is 49.9 Å². The first-order valence-electron chi connectivity index (χ1n) is 16.7. The maximum absolute atomic E-state index is 4.75. The van der Waals surface area contributed by atoms with Crippen molar-refractivity contribution in [3.63, 3.8) is 0 Å². The normalized spacial score (nSPS) is 13.6. The van der Waals surface area contributed by atoms with Crippen LogP contribution < -0.4 is 0 Å². The van der Waals surface area contributed by atoms with Crippen molar-refractivity contribution in [2.24, 2.45) is 4.99 Å². The van der Waals surface area contributed by atoms with E-state index in [0.29, 0.717) is 11.3 Å².